The van der Waals surface area contributed by atoms with Crippen molar-refractivity contribution in [3.63, 3.8) is 0 Å². The zero-order valence-corrected chi connectivity index (χ0v) is 19.7. The summed E-state index contributed by atoms with van der Waals surface area (Å²) in [6, 6.07) is 0. The fourth-order valence-electron chi connectivity index (χ4n) is 8.25. The van der Waals surface area contributed by atoms with Crippen molar-refractivity contribution in [2.24, 2.45) is 40.4 Å². The first-order chi connectivity index (χ1) is 13.3. The normalized spacial score (nSPS) is 46.5. The van der Waals surface area contributed by atoms with E-state index < -0.39 is 0 Å². The van der Waals surface area contributed by atoms with Crippen LogP contribution in [0.5, 0.6) is 0 Å². The van der Waals surface area contributed by atoms with Crippen LogP contribution in [0.3, 0.4) is 0 Å². The van der Waals surface area contributed by atoms with E-state index in [0.717, 1.165) is 42.4 Å². The van der Waals surface area contributed by atoms with Gasteiger partial charge in [-0.3, -0.25) is 0 Å². The van der Waals surface area contributed by atoms with E-state index in [0.29, 0.717) is 16.1 Å². The van der Waals surface area contributed by atoms with Gasteiger partial charge in [-0.15, -0.1) is 0 Å². The molecule has 4 aliphatic carbocycles. The van der Waals surface area contributed by atoms with Gasteiger partial charge in [-0.25, -0.2) is 0 Å². The van der Waals surface area contributed by atoms with Gasteiger partial charge in [0.15, 0.2) is 0 Å². The van der Waals surface area contributed by atoms with Crippen molar-refractivity contribution < 1.29 is 5.11 Å². The number of allylic oxidation sites excluding steroid dienone is 1. The number of hydrogen-bond acceptors (Lipinski definition) is 2. The molecule has 0 amide bonds. The average Bonchev–Trinajstić information content (AvgIpc) is 2.99. The molecule has 0 saturated heterocycles. The average molecular weight is 405 g/mol. The summed E-state index contributed by atoms with van der Waals surface area (Å²) in [5, 5.41) is 10.8. The minimum absolute atomic E-state index is 0.0867. The van der Waals surface area contributed by atoms with E-state index in [9.17, 15) is 5.11 Å². The Hall–Kier alpha value is 0.0500. The number of rotatable bonds is 5. The topological polar surface area (TPSA) is 20.2 Å². The number of thiol groups is 1. The zero-order chi connectivity index (χ0) is 20.1. The van der Waals surface area contributed by atoms with Crippen molar-refractivity contribution in [2.45, 2.75) is 110 Å². The third-order valence-corrected chi connectivity index (χ3v) is 10.5. The van der Waals surface area contributed by atoms with Crippen LogP contribution < -0.4 is 0 Å². The molecule has 4 rings (SSSR count). The van der Waals surface area contributed by atoms with Crippen molar-refractivity contribution >= 4 is 12.6 Å². The van der Waals surface area contributed by atoms with E-state index in [1.807, 2.05) is 0 Å². The lowest BCUT2D eigenvalue weighted by molar-refractivity contribution is -0.0500. The SMILES string of the molecule is CC(C)CCC[C@@H](S)C1CCC2C3CC=C4C[C@@H](O)CC[C@]4(C)C3CC[C@@]21C. The van der Waals surface area contributed by atoms with Gasteiger partial charge in [-0.2, -0.15) is 12.6 Å². The van der Waals surface area contributed by atoms with Gasteiger partial charge in [0.2, 0.25) is 0 Å². The molecule has 3 fully saturated rings. The Bertz CT molecular complexity index is 597. The fourth-order valence-corrected chi connectivity index (χ4v) is 8.92. The molecule has 0 aromatic carbocycles. The maximum absolute atomic E-state index is 10.2. The van der Waals surface area contributed by atoms with Gasteiger partial charge >= 0.3 is 0 Å². The molecule has 0 bridgehead atoms. The smallest absolute Gasteiger partial charge is 0.0577 e. The molecule has 1 nitrogen and oxygen atoms in total. The summed E-state index contributed by atoms with van der Waals surface area (Å²) in [4.78, 5) is 0. The summed E-state index contributed by atoms with van der Waals surface area (Å²) >= 11 is 5.18. The third-order valence-electron chi connectivity index (χ3n) is 9.90. The maximum Gasteiger partial charge on any atom is 0.0577 e. The van der Waals surface area contributed by atoms with Gasteiger partial charge in [0, 0.05) is 5.25 Å². The van der Waals surface area contributed by atoms with Crippen molar-refractivity contribution in [2.75, 3.05) is 0 Å². The monoisotopic (exact) mass is 404 g/mol. The van der Waals surface area contributed by atoms with Crippen LogP contribution in [-0.2, 0) is 0 Å². The van der Waals surface area contributed by atoms with E-state index in [2.05, 4.69) is 33.8 Å². The highest BCUT2D eigenvalue weighted by Crippen LogP contribution is 2.67. The number of aliphatic hydroxyl groups is 1. The number of hydrogen-bond donors (Lipinski definition) is 2. The highest BCUT2D eigenvalue weighted by atomic mass is 32.1. The van der Waals surface area contributed by atoms with Crippen LogP contribution in [0.1, 0.15) is 98.3 Å². The molecule has 28 heavy (non-hydrogen) atoms. The van der Waals surface area contributed by atoms with Crippen LogP contribution in [0.4, 0.5) is 0 Å². The second kappa shape index (κ2) is 7.95. The van der Waals surface area contributed by atoms with E-state index in [-0.39, 0.29) is 6.10 Å². The highest BCUT2D eigenvalue weighted by molar-refractivity contribution is 7.81. The Balaban J connectivity index is 1.49. The summed E-state index contributed by atoms with van der Waals surface area (Å²) in [7, 11) is 0. The molecule has 4 unspecified atom stereocenters. The molecule has 2 heteroatoms. The number of fused-ring (bicyclic) bond motifs is 5. The molecule has 0 spiro atoms. The van der Waals surface area contributed by atoms with E-state index >= 15 is 0 Å². The Morgan fingerprint density at radius 3 is 2.61 bits per heavy atom. The van der Waals surface area contributed by atoms with Crippen molar-refractivity contribution in [3.8, 4) is 0 Å². The first-order valence-electron chi connectivity index (χ1n) is 12.3. The molecule has 0 aromatic heterocycles. The van der Waals surface area contributed by atoms with Gasteiger partial charge in [-0.05, 0) is 98.2 Å². The van der Waals surface area contributed by atoms with E-state index in [1.54, 1.807) is 5.57 Å². The van der Waals surface area contributed by atoms with Gasteiger partial charge in [0.1, 0.15) is 0 Å². The molecule has 0 heterocycles. The fraction of sp³-hybridized carbons (Fsp3) is 0.923. The Morgan fingerprint density at radius 1 is 1.07 bits per heavy atom. The van der Waals surface area contributed by atoms with Crippen molar-refractivity contribution in [1.29, 1.82) is 0 Å². The first-order valence-corrected chi connectivity index (χ1v) is 12.8. The highest BCUT2D eigenvalue weighted by Gasteiger charge is 2.59. The first kappa shape index (κ1) is 21.3. The Kier molecular flexibility index (Phi) is 6.04. The van der Waals surface area contributed by atoms with Gasteiger partial charge in [-0.1, -0.05) is 52.2 Å². The van der Waals surface area contributed by atoms with Gasteiger partial charge < -0.3 is 5.11 Å². The lowest BCUT2D eigenvalue weighted by atomic mass is 9.47. The minimum atomic E-state index is -0.0867. The quantitative estimate of drug-likeness (QED) is 0.371. The summed E-state index contributed by atoms with van der Waals surface area (Å²) in [6.45, 7) is 9.88. The summed E-state index contributed by atoms with van der Waals surface area (Å²) in [5.74, 6) is 4.28. The molecule has 8 atom stereocenters. The Morgan fingerprint density at radius 2 is 1.86 bits per heavy atom. The molecule has 160 valence electrons. The summed E-state index contributed by atoms with van der Waals surface area (Å²) in [5.41, 5.74) is 2.49. The van der Waals surface area contributed by atoms with Crippen LogP contribution in [-0.4, -0.2) is 16.5 Å². The van der Waals surface area contributed by atoms with E-state index in [4.69, 9.17) is 12.6 Å². The zero-order valence-electron chi connectivity index (χ0n) is 18.8. The van der Waals surface area contributed by atoms with Crippen LogP contribution in [0.2, 0.25) is 0 Å². The molecular formula is C26H44OS. The predicted octanol–water partition coefficient (Wildman–Crippen LogP) is 7.05. The van der Waals surface area contributed by atoms with Crippen molar-refractivity contribution in [3.05, 3.63) is 11.6 Å². The minimum Gasteiger partial charge on any atom is -0.393 e. The molecule has 0 radical (unpaired) electrons. The molecule has 0 aromatic rings. The summed E-state index contributed by atoms with van der Waals surface area (Å²) < 4.78 is 0. The second-order valence-corrected chi connectivity index (χ2v) is 12.4. The lowest BCUT2D eigenvalue weighted by Crippen LogP contribution is -2.51. The molecule has 0 aliphatic heterocycles. The molecule has 1 N–H and O–H groups in total. The summed E-state index contributed by atoms with van der Waals surface area (Å²) in [6.07, 6.45) is 16.6. The Labute approximate surface area is 179 Å². The standard InChI is InChI=1S/C26H44OS/c1-17(2)6-5-7-24(28)23-11-10-21-20-9-8-18-16-19(27)12-14-25(18,3)22(20)13-15-26(21,23)4/h8,17,19-24,27-28H,5-7,9-16H2,1-4H3/t19-,20?,21?,22?,23?,24+,25-,26-/m0/s1. The van der Waals surface area contributed by atoms with Crippen molar-refractivity contribution in [1.82, 2.24) is 0 Å². The van der Waals surface area contributed by atoms with Crippen LogP contribution in [0.15, 0.2) is 11.6 Å². The predicted molar refractivity (Wildman–Crippen MR) is 123 cm³/mol. The largest absolute Gasteiger partial charge is 0.393 e. The van der Waals surface area contributed by atoms with Gasteiger partial charge in [0.05, 0.1) is 6.10 Å². The maximum atomic E-state index is 10.2. The second-order valence-electron chi connectivity index (χ2n) is 11.8. The molecular weight excluding hydrogens is 360 g/mol. The lowest BCUT2D eigenvalue weighted by Gasteiger charge is -2.58. The molecule has 4 aliphatic rings. The molecule has 3 saturated carbocycles. The van der Waals surface area contributed by atoms with Gasteiger partial charge in [0.25, 0.3) is 0 Å². The van der Waals surface area contributed by atoms with Crippen LogP contribution in [0, 0.1) is 40.4 Å². The van der Waals surface area contributed by atoms with E-state index in [1.165, 1.54) is 57.8 Å². The van der Waals surface area contributed by atoms with Crippen LogP contribution in [0.25, 0.3) is 0 Å². The number of aliphatic hydroxyl groups excluding tert-OH is 1. The van der Waals surface area contributed by atoms with Crippen LogP contribution >= 0.6 is 12.6 Å². The third kappa shape index (κ3) is 3.53.